The van der Waals surface area contributed by atoms with E-state index in [1.165, 1.54) is 13.8 Å². The SMILES string of the molecule is Cc1sc(C(=O)O)cc1S(=O)(=O)NC(C)CO. The lowest BCUT2D eigenvalue weighted by atomic mass is 10.4. The van der Waals surface area contributed by atoms with Gasteiger partial charge in [-0.1, -0.05) is 0 Å². The number of sulfonamides is 1. The van der Waals surface area contributed by atoms with Gasteiger partial charge in [0, 0.05) is 10.9 Å². The molecule has 1 atom stereocenters. The standard InChI is InChI=1S/C9H13NO5S2/c1-5(4-11)10-17(14,15)8-3-7(9(12)13)16-6(8)2/h3,5,10-11H,4H2,1-2H3,(H,12,13). The highest BCUT2D eigenvalue weighted by Gasteiger charge is 2.23. The van der Waals surface area contributed by atoms with Crippen LogP contribution in [0, 0.1) is 6.92 Å². The summed E-state index contributed by atoms with van der Waals surface area (Å²) in [4.78, 5) is 11.0. The number of carboxylic acid groups (broad SMARTS) is 1. The lowest BCUT2D eigenvalue weighted by Gasteiger charge is -2.10. The van der Waals surface area contributed by atoms with Crippen molar-refractivity contribution in [3.63, 3.8) is 0 Å². The molecule has 0 saturated carbocycles. The second-order valence-corrected chi connectivity index (χ2v) is 6.48. The van der Waals surface area contributed by atoms with E-state index in [9.17, 15) is 13.2 Å². The Bertz CT molecular complexity index is 519. The van der Waals surface area contributed by atoms with Gasteiger partial charge in [-0.2, -0.15) is 0 Å². The number of aliphatic hydroxyl groups excluding tert-OH is 1. The van der Waals surface area contributed by atoms with Gasteiger partial charge < -0.3 is 10.2 Å². The van der Waals surface area contributed by atoms with Crippen LogP contribution in [0.5, 0.6) is 0 Å². The number of nitrogens with one attached hydrogen (secondary N) is 1. The molecule has 8 heteroatoms. The number of hydrogen-bond acceptors (Lipinski definition) is 5. The maximum Gasteiger partial charge on any atom is 0.345 e. The summed E-state index contributed by atoms with van der Waals surface area (Å²) in [6.07, 6.45) is 0. The number of aryl methyl sites for hydroxylation is 1. The van der Waals surface area contributed by atoms with Crippen LogP contribution >= 0.6 is 11.3 Å². The van der Waals surface area contributed by atoms with Crippen LogP contribution < -0.4 is 4.72 Å². The van der Waals surface area contributed by atoms with E-state index in [0.717, 1.165) is 17.4 Å². The minimum absolute atomic E-state index is 0.0282. The van der Waals surface area contributed by atoms with Gasteiger partial charge in [-0.25, -0.2) is 17.9 Å². The van der Waals surface area contributed by atoms with Crippen LogP contribution in [0.1, 0.15) is 21.5 Å². The van der Waals surface area contributed by atoms with Gasteiger partial charge in [0.05, 0.1) is 11.5 Å². The number of carbonyl (C=O) groups is 1. The topological polar surface area (TPSA) is 104 Å². The number of hydrogen-bond donors (Lipinski definition) is 3. The van der Waals surface area contributed by atoms with Gasteiger partial charge in [-0.3, -0.25) is 0 Å². The van der Waals surface area contributed by atoms with Crippen molar-refractivity contribution in [1.82, 2.24) is 4.72 Å². The van der Waals surface area contributed by atoms with E-state index in [4.69, 9.17) is 10.2 Å². The zero-order chi connectivity index (χ0) is 13.2. The Morgan fingerprint density at radius 1 is 1.59 bits per heavy atom. The summed E-state index contributed by atoms with van der Waals surface area (Å²) in [5.74, 6) is -1.16. The molecule has 0 aliphatic rings. The van der Waals surface area contributed by atoms with E-state index in [1.807, 2.05) is 0 Å². The third-order valence-corrected chi connectivity index (χ3v) is 4.89. The van der Waals surface area contributed by atoms with Gasteiger partial charge in [0.1, 0.15) is 4.88 Å². The third-order valence-electron chi connectivity index (χ3n) is 2.00. The fourth-order valence-corrected chi connectivity index (χ4v) is 3.87. The quantitative estimate of drug-likeness (QED) is 0.724. The van der Waals surface area contributed by atoms with Crippen LogP contribution in [0.3, 0.4) is 0 Å². The molecule has 0 bridgehead atoms. The van der Waals surface area contributed by atoms with E-state index in [1.54, 1.807) is 0 Å². The molecule has 96 valence electrons. The van der Waals surface area contributed by atoms with E-state index in [-0.39, 0.29) is 16.4 Å². The van der Waals surface area contributed by atoms with Crippen molar-refractivity contribution in [3.05, 3.63) is 15.8 Å². The second kappa shape index (κ2) is 5.13. The van der Waals surface area contributed by atoms with Gasteiger partial charge in [-0.15, -0.1) is 11.3 Å². The molecule has 1 rings (SSSR count). The predicted molar refractivity (Wildman–Crippen MR) is 62.9 cm³/mol. The lowest BCUT2D eigenvalue weighted by Crippen LogP contribution is -2.35. The Kier molecular flexibility index (Phi) is 4.26. The Morgan fingerprint density at radius 3 is 2.59 bits per heavy atom. The van der Waals surface area contributed by atoms with Crippen LogP contribution in [0.15, 0.2) is 11.0 Å². The average Bonchev–Trinajstić information content (AvgIpc) is 2.60. The molecule has 0 aliphatic carbocycles. The first-order valence-electron chi connectivity index (χ1n) is 4.75. The summed E-state index contributed by atoms with van der Waals surface area (Å²) in [5, 5.41) is 17.6. The monoisotopic (exact) mass is 279 g/mol. The van der Waals surface area contributed by atoms with Crippen LogP contribution in [0.4, 0.5) is 0 Å². The highest BCUT2D eigenvalue weighted by atomic mass is 32.2. The Morgan fingerprint density at radius 2 is 2.18 bits per heavy atom. The average molecular weight is 279 g/mol. The molecule has 1 heterocycles. The number of aromatic carboxylic acids is 1. The fraction of sp³-hybridized carbons (Fsp3) is 0.444. The number of carboxylic acids is 1. The molecule has 17 heavy (non-hydrogen) atoms. The highest BCUT2D eigenvalue weighted by Crippen LogP contribution is 2.25. The van der Waals surface area contributed by atoms with E-state index < -0.39 is 22.0 Å². The fourth-order valence-electron chi connectivity index (χ4n) is 1.20. The number of rotatable bonds is 5. The summed E-state index contributed by atoms with van der Waals surface area (Å²) in [6.45, 7) is 2.72. The Hall–Kier alpha value is -0.960. The molecule has 1 aromatic heterocycles. The van der Waals surface area contributed by atoms with Crippen LogP contribution in [0.25, 0.3) is 0 Å². The van der Waals surface area contributed by atoms with E-state index in [0.29, 0.717) is 4.88 Å². The van der Waals surface area contributed by atoms with Gasteiger partial charge in [0.15, 0.2) is 0 Å². The van der Waals surface area contributed by atoms with E-state index >= 15 is 0 Å². The predicted octanol–water partition coefficient (Wildman–Crippen LogP) is 0.414. The normalized spacial score (nSPS) is 13.6. The van der Waals surface area contributed by atoms with Gasteiger partial charge in [0.2, 0.25) is 10.0 Å². The van der Waals surface area contributed by atoms with Gasteiger partial charge >= 0.3 is 5.97 Å². The minimum Gasteiger partial charge on any atom is -0.477 e. The largest absolute Gasteiger partial charge is 0.477 e. The molecule has 0 saturated heterocycles. The molecule has 6 nitrogen and oxygen atoms in total. The van der Waals surface area contributed by atoms with Crippen LogP contribution in [-0.2, 0) is 10.0 Å². The maximum absolute atomic E-state index is 11.8. The first-order valence-corrected chi connectivity index (χ1v) is 7.05. The zero-order valence-corrected chi connectivity index (χ0v) is 10.9. The zero-order valence-electron chi connectivity index (χ0n) is 9.30. The van der Waals surface area contributed by atoms with Crippen molar-refractivity contribution in [2.75, 3.05) is 6.61 Å². The summed E-state index contributed by atoms with van der Waals surface area (Å²) in [5.41, 5.74) is 0. The summed E-state index contributed by atoms with van der Waals surface area (Å²) >= 11 is 0.903. The summed E-state index contributed by atoms with van der Waals surface area (Å²) in [6, 6.07) is 0.502. The van der Waals surface area contributed by atoms with Crippen molar-refractivity contribution in [2.24, 2.45) is 0 Å². The minimum atomic E-state index is -3.78. The first kappa shape index (κ1) is 14.1. The van der Waals surface area contributed by atoms with Crippen molar-refractivity contribution < 1.29 is 23.4 Å². The summed E-state index contributed by atoms with van der Waals surface area (Å²) in [7, 11) is -3.78. The Balaban J connectivity index is 3.11. The molecular formula is C9H13NO5S2. The molecule has 0 spiro atoms. The van der Waals surface area contributed by atoms with Gasteiger partial charge in [0.25, 0.3) is 0 Å². The smallest absolute Gasteiger partial charge is 0.345 e. The number of aliphatic hydroxyl groups is 1. The highest BCUT2D eigenvalue weighted by molar-refractivity contribution is 7.89. The molecule has 0 amide bonds. The number of thiophene rings is 1. The lowest BCUT2D eigenvalue weighted by molar-refractivity contribution is 0.0702. The van der Waals surface area contributed by atoms with Crippen molar-refractivity contribution >= 4 is 27.3 Å². The molecule has 0 fully saturated rings. The van der Waals surface area contributed by atoms with Crippen molar-refractivity contribution in [3.8, 4) is 0 Å². The molecule has 0 radical (unpaired) electrons. The molecular weight excluding hydrogens is 266 g/mol. The van der Waals surface area contributed by atoms with E-state index in [2.05, 4.69) is 4.72 Å². The third kappa shape index (κ3) is 3.25. The maximum atomic E-state index is 11.8. The van der Waals surface area contributed by atoms with Crippen molar-refractivity contribution in [1.29, 1.82) is 0 Å². The molecule has 0 aromatic carbocycles. The second-order valence-electron chi connectivity index (χ2n) is 3.54. The Labute approximate surface area is 103 Å². The first-order chi connectivity index (χ1) is 7.77. The van der Waals surface area contributed by atoms with Gasteiger partial charge in [-0.05, 0) is 19.9 Å². The van der Waals surface area contributed by atoms with Crippen LogP contribution in [-0.4, -0.2) is 37.2 Å². The molecule has 3 N–H and O–H groups in total. The molecule has 0 aliphatic heterocycles. The van der Waals surface area contributed by atoms with Crippen molar-refractivity contribution in [2.45, 2.75) is 24.8 Å². The molecule has 1 unspecified atom stereocenters. The van der Waals surface area contributed by atoms with Crippen LogP contribution in [0.2, 0.25) is 0 Å². The molecule has 1 aromatic rings. The summed E-state index contributed by atoms with van der Waals surface area (Å²) < 4.78 is 26.0.